The van der Waals surface area contributed by atoms with Crippen molar-refractivity contribution in [2.45, 2.75) is 20.4 Å². The molecule has 0 heterocycles. The number of nitro benzene ring substituents is 1. The fraction of sp³-hybridized carbons (Fsp3) is 0.462. The third-order valence-electron chi connectivity index (χ3n) is 2.92. The molecule has 0 aromatic heterocycles. The quantitative estimate of drug-likeness (QED) is 0.600. The summed E-state index contributed by atoms with van der Waals surface area (Å²) in [5.74, 6) is -0.125. The van der Waals surface area contributed by atoms with E-state index in [0.717, 1.165) is 0 Å². The Morgan fingerprint density at radius 1 is 1.40 bits per heavy atom. The van der Waals surface area contributed by atoms with Gasteiger partial charge in [0.2, 0.25) is 0 Å². The van der Waals surface area contributed by atoms with Gasteiger partial charge in [-0.1, -0.05) is 6.07 Å². The Kier molecular flexibility index (Phi) is 5.92. The molecule has 0 unspecified atom stereocenters. The van der Waals surface area contributed by atoms with Crippen LogP contribution in [-0.2, 0) is 11.3 Å². The highest BCUT2D eigenvalue weighted by molar-refractivity contribution is 5.77. The minimum Gasteiger partial charge on any atom is -0.477 e. The second-order valence-electron chi connectivity index (χ2n) is 4.12. The van der Waals surface area contributed by atoms with Gasteiger partial charge in [-0.05, 0) is 25.5 Å². The Balaban J connectivity index is 2.82. The van der Waals surface area contributed by atoms with Crippen molar-refractivity contribution < 1.29 is 14.5 Å². The topological polar surface area (TPSA) is 98.7 Å². The van der Waals surface area contributed by atoms with Gasteiger partial charge in [-0.15, -0.1) is 0 Å². The van der Waals surface area contributed by atoms with Gasteiger partial charge in [0.05, 0.1) is 4.92 Å². The first-order valence-electron chi connectivity index (χ1n) is 6.41. The van der Waals surface area contributed by atoms with Gasteiger partial charge in [0.15, 0.2) is 12.4 Å². The summed E-state index contributed by atoms with van der Waals surface area (Å²) in [6, 6.07) is 4.47. The first-order valence-corrected chi connectivity index (χ1v) is 6.41. The molecule has 20 heavy (non-hydrogen) atoms. The van der Waals surface area contributed by atoms with Gasteiger partial charge in [-0.3, -0.25) is 14.9 Å². The zero-order valence-electron chi connectivity index (χ0n) is 11.7. The van der Waals surface area contributed by atoms with Crippen LogP contribution >= 0.6 is 0 Å². The van der Waals surface area contributed by atoms with Crippen LogP contribution in [0.3, 0.4) is 0 Å². The van der Waals surface area contributed by atoms with E-state index in [-0.39, 0.29) is 30.5 Å². The minimum atomic E-state index is -0.545. The van der Waals surface area contributed by atoms with Crippen molar-refractivity contribution in [2.24, 2.45) is 5.73 Å². The summed E-state index contributed by atoms with van der Waals surface area (Å²) in [7, 11) is 0. The number of rotatable bonds is 7. The van der Waals surface area contributed by atoms with Gasteiger partial charge in [-0.2, -0.15) is 0 Å². The summed E-state index contributed by atoms with van der Waals surface area (Å²) in [6.45, 7) is 4.86. The van der Waals surface area contributed by atoms with Gasteiger partial charge in [0.1, 0.15) is 0 Å². The van der Waals surface area contributed by atoms with Crippen LogP contribution in [0.2, 0.25) is 0 Å². The Bertz CT molecular complexity index is 487. The maximum absolute atomic E-state index is 11.8. The molecular formula is C13H19N3O4. The number of nitrogens with two attached hydrogens (primary N) is 1. The maximum Gasteiger partial charge on any atom is 0.311 e. The first-order chi connectivity index (χ1) is 9.53. The van der Waals surface area contributed by atoms with Crippen LogP contribution < -0.4 is 10.5 Å². The van der Waals surface area contributed by atoms with Crippen molar-refractivity contribution in [2.75, 3.05) is 19.7 Å². The Morgan fingerprint density at radius 3 is 2.55 bits per heavy atom. The molecule has 0 spiro atoms. The summed E-state index contributed by atoms with van der Waals surface area (Å²) in [6.07, 6.45) is 0. The highest BCUT2D eigenvalue weighted by atomic mass is 16.6. The SMILES string of the molecule is CCN(CC)C(=O)COc1ccc(CN)cc1[N+](=O)[O-]. The molecule has 1 amide bonds. The number of carbonyl (C=O) groups excluding carboxylic acids is 1. The standard InChI is InChI=1S/C13H19N3O4/c1-3-15(4-2)13(17)9-20-12-6-5-10(8-14)7-11(12)16(18)19/h5-7H,3-4,8-9,14H2,1-2H3. The lowest BCUT2D eigenvalue weighted by Gasteiger charge is -2.18. The normalized spacial score (nSPS) is 10.2. The van der Waals surface area contributed by atoms with E-state index in [9.17, 15) is 14.9 Å². The summed E-state index contributed by atoms with van der Waals surface area (Å²) in [5.41, 5.74) is 5.90. The van der Waals surface area contributed by atoms with Crippen molar-refractivity contribution in [1.82, 2.24) is 4.90 Å². The van der Waals surface area contributed by atoms with E-state index in [2.05, 4.69) is 0 Å². The van der Waals surface area contributed by atoms with Crippen LogP contribution in [0.25, 0.3) is 0 Å². The molecule has 0 fully saturated rings. The summed E-state index contributed by atoms with van der Waals surface area (Å²) in [5, 5.41) is 11.0. The molecule has 1 aromatic carbocycles. The zero-order valence-corrected chi connectivity index (χ0v) is 11.7. The molecule has 1 aromatic rings. The van der Waals surface area contributed by atoms with Crippen LogP contribution in [0.15, 0.2) is 18.2 Å². The number of benzene rings is 1. The third kappa shape index (κ3) is 3.92. The van der Waals surface area contributed by atoms with Gasteiger partial charge in [0.25, 0.3) is 5.91 Å². The minimum absolute atomic E-state index is 0.0766. The van der Waals surface area contributed by atoms with E-state index < -0.39 is 4.92 Å². The maximum atomic E-state index is 11.8. The number of carbonyl (C=O) groups is 1. The molecular weight excluding hydrogens is 262 g/mol. The van der Waals surface area contributed by atoms with Crippen molar-refractivity contribution in [1.29, 1.82) is 0 Å². The molecule has 0 bridgehead atoms. The molecule has 0 aliphatic carbocycles. The monoisotopic (exact) mass is 281 g/mol. The van der Waals surface area contributed by atoms with Crippen molar-refractivity contribution >= 4 is 11.6 Å². The lowest BCUT2D eigenvalue weighted by atomic mass is 10.2. The van der Waals surface area contributed by atoms with Crippen molar-refractivity contribution in [3.05, 3.63) is 33.9 Å². The molecule has 7 nitrogen and oxygen atoms in total. The molecule has 0 saturated carbocycles. The second kappa shape index (κ2) is 7.44. The van der Waals surface area contributed by atoms with E-state index in [0.29, 0.717) is 18.7 Å². The van der Waals surface area contributed by atoms with Crippen LogP contribution in [0.5, 0.6) is 5.75 Å². The smallest absolute Gasteiger partial charge is 0.311 e. The molecule has 0 aliphatic heterocycles. The van der Waals surface area contributed by atoms with E-state index in [4.69, 9.17) is 10.5 Å². The zero-order chi connectivity index (χ0) is 15.1. The van der Waals surface area contributed by atoms with Crippen molar-refractivity contribution in [3.63, 3.8) is 0 Å². The number of hydrogen-bond donors (Lipinski definition) is 1. The van der Waals surface area contributed by atoms with E-state index in [1.54, 1.807) is 11.0 Å². The van der Waals surface area contributed by atoms with Crippen LogP contribution in [0.1, 0.15) is 19.4 Å². The fourth-order valence-corrected chi connectivity index (χ4v) is 1.76. The summed E-state index contributed by atoms with van der Waals surface area (Å²) >= 11 is 0. The Morgan fingerprint density at radius 2 is 2.05 bits per heavy atom. The number of hydrogen-bond acceptors (Lipinski definition) is 5. The molecule has 110 valence electrons. The summed E-state index contributed by atoms with van der Waals surface area (Å²) < 4.78 is 5.27. The average molecular weight is 281 g/mol. The highest BCUT2D eigenvalue weighted by Crippen LogP contribution is 2.27. The fourth-order valence-electron chi connectivity index (χ4n) is 1.76. The molecule has 7 heteroatoms. The first kappa shape index (κ1) is 15.9. The molecule has 1 rings (SSSR count). The molecule has 0 atom stereocenters. The Hall–Kier alpha value is -2.15. The van der Waals surface area contributed by atoms with Crippen LogP contribution in [-0.4, -0.2) is 35.4 Å². The molecule has 2 N–H and O–H groups in total. The van der Waals surface area contributed by atoms with Gasteiger partial charge in [0, 0.05) is 25.7 Å². The Labute approximate surface area is 117 Å². The van der Waals surface area contributed by atoms with Crippen LogP contribution in [0, 0.1) is 10.1 Å². The predicted molar refractivity (Wildman–Crippen MR) is 74.4 cm³/mol. The van der Waals surface area contributed by atoms with E-state index in [1.165, 1.54) is 12.1 Å². The lowest BCUT2D eigenvalue weighted by molar-refractivity contribution is -0.385. The lowest BCUT2D eigenvalue weighted by Crippen LogP contribution is -2.34. The molecule has 0 aliphatic rings. The third-order valence-corrected chi connectivity index (χ3v) is 2.92. The van der Waals surface area contributed by atoms with E-state index >= 15 is 0 Å². The van der Waals surface area contributed by atoms with Gasteiger partial charge in [-0.25, -0.2) is 0 Å². The number of nitro groups is 1. The average Bonchev–Trinajstić information content (AvgIpc) is 2.46. The number of ether oxygens (including phenoxy) is 1. The second-order valence-corrected chi connectivity index (χ2v) is 4.12. The van der Waals surface area contributed by atoms with Gasteiger partial charge >= 0.3 is 5.69 Å². The van der Waals surface area contributed by atoms with Gasteiger partial charge < -0.3 is 15.4 Å². The molecule has 0 saturated heterocycles. The molecule has 0 radical (unpaired) electrons. The highest BCUT2D eigenvalue weighted by Gasteiger charge is 2.18. The van der Waals surface area contributed by atoms with E-state index in [1.807, 2.05) is 13.8 Å². The summed E-state index contributed by atoms with van der Waals surface area (Å²) in [4.78, 5) is 23.8. The number of likely N-dealkylation sites (N-methyl/N-ethyl adjacent to an activating group) is 1. The van der Waals surface area contributed by atoms with Crippen LogP contribution in [0.4, 0.5) is 5.69 Å². The predicted octanol–water partition coefficient (Wildman–Crippen LogP) is 1.30. The van der Waals surface area contributed by atoms with Crippen molar-refractivity contribution in [3.8, 4) is 5.75 Å². The number of amides is 1. The largest absolute Gasteiger partial charge is 0.477 e. The number of nitrogens with zero attached hydrogens (tertiary/aromatic N) is 2.